The Morgan fingerprint density at radius 3 is 2.37 bits per heavy atom. The zero-order valence-electron chi connectivity index (χ0n) is 21.7. The molecule has 3 aromatic carbocycles. The van der Waals surface area contributed by atoms with Gasteiger partial charge >= 0.3 is 0 Å². The highest BCUT2D eigenvalue weighted by molar-refractivity contribution is 8.04. The molecule has 0 bridgehead atoms. The molecule has 1 fully saturated rings. The van der Waals surface area contributed by atoms with E-state index in [0.717, 1.165) is 48.1 Å². The predicted molar refractivity (Wildman–Crippen MR) is 156 cm³/mol. The second-order valence-electron chi connectivity index (χ2n) is 10.1. The van der Waals surface area contributed by atoms with Crippen molar-refractivity contribution in [1.29, 1.82) is 0 Å². The molecule has 0 radical (unpaired) electrons. The van der Waals surface area contributed by atoms with Crippen LogP contribution in [0.15, 0.2) is 94.7 Å². The first kappa shape index (κ1) is 26.3. The highest BCUT2D eigenvalue weighted by Gasteiger charge is 2.30. The van der Waals surface area contributed by atoms with Gasteiger partial charge in [-0.2, -0.15) is 0 Å². The lowest BCUT2D eigenvalue weighted by Gasteiger charge is -2.32. The van der Waals surface area contributed by atoms with Crippen molar-refractivity contribution in [3.63, 3.8) is 0 Å². The van der Waals surface area contributed by atoms with Crippen molar-refractivity contribution in [2.24, 2.45) is 5.92 Å². The molecule has 2 aliphatic rings. The first-order valence-electron chi connectivity index (χ1n) is 13.5. The Kier molecular flexibility index (Phi) is 8.94. The summed E-state index contributed by atoms with van der Waals surface area (Å²) in [5.74, 6) is 0.504. The van der Waals surface area contributed by atoms with Crippen LogP contribution >= 0.6 is 11.8 Å². The van der Waals surface area contributed by atoms with E-state index in [-0.39, 0.29) is 18.4 Å². The number of carbonyl (C=O) groups is 2. The van der Waals surface area contributed by atoms with Gasteiger partial charge in [0.1, 0.15) is 6.54 Å². The fraction of sp³-hybridized carbons (Fsp3) is 0.312. The van der Waals surface area contributed by atoms with Crippen molar-refractivity contribution in [1.82, 2.24) is 10.2 Å². The van der Waals surface area contributed by atoms with E-state index in [1.165, 1.54) is 36.6 Å². The molecule has 0 atom stereocenters. The van der Waals surface area contributed by atoms with Gasteiger partial charge < -0.3 is 10.2 Å². The predicted octanol–water partition coefficient (Wildman–Crippen LogP) is 5.63. The van der Waals surface area contributed by atoms with Gasteiger partial charge in [0.05, 0.1) is 10.6 Å². The lowest BCUT2D eigenvalue weighted by molar-refractivity contribution is -0.122. The third kappa shape index (κ3) is 6.94. The smallest absolute Gasteiger partial charge is 0.265 e. The van der Waals surface area contributed by atoms with Crippen LogP contribution in [0, 0.1) is 5.92 Å². The van der Waals surface area contributed by atoms with Crippen molar-refractivity contribution < 1.29 is 9.59 Å². The average molecular weight is 526 g/mol. The van der Waals surface area contributed by atoms with E-state index >= 15 is 0 Å². The van der Waals surface area contributed by atoms with Crippen LogP contribution in [-0.4, -0.2) is 49.4 Å². The van der Waals surface area contributed by atoms with Crippen molar-refractivity contribution in [2.75, 3.05) is 37.6 Å². The van der Waals surface area contributed by atoms with Gasteiger partial charge in [-0.15, -0.1) is 0 Å². The third-order valence-corrected chi connectivity index (χ3v) is 8.36. The lowest BCUT2D eigenvalue weighted by Crippen LogP contribution is -2.43. The zero-order valence-corrected chi connectivity index (χ0v) is 22.5. The minimum absolute atomic E-state index is 0.0212. The number of piperidine rings is 1. The van der Waals surface area contributed by atoms with Gasteiger partial charge in [-0.05, 0) is 80.6 Å². The number of fused-ring (bicyclic) bond motifs is 1. The van der Waals surface area contributed by atoms with Crippen LogP contribution in [-0.2, 0) is 16.0 Å². The van der Waals surface area contributed by atoms with E-state index in [1.807, 2.05) is 60.7 Å². The number of nitrogens with zero attached hydrogens (tertiary/aromatic N) is 2. The number of anilines is 1. The standard InChI is InChI=1S/C32H35N3O2S/c36-31(33-18-9-19-34-20-16-27(17-21-34)22-25-10-3-1-4-11-25)24-35-28-14-7-8-15-29(28)38-30(32(35)37)23-26-12-5-2-6-13-26/h1-8,10-15,23,27H,9,16-22,24H2,(H,33,36). The van der Waals surface area contributed by atoms with Gasteiger partial charge in [0.2, 0.25) is 5.91 Å². The molecule has 0 aromatic heterocycles. The van der Waals surface area contributed by atoms with Crippen molar-refractivity contribution >= 4 is 35.3 Å². The van der Waals surface area contributed by atoms with Crippen LogP contribution in [0.25, 0.3) is 6.08 Å². The van der Waals surface area contributed by atoms with E-state index in [2.05, 4.69) is 40.5 Å². The maximum atomic E-state index is 13.4. The summed E-state index contributed by atoms with van der Waals surface area (Å²) in [4.78, 5) is 31.9. The summed E-state index contributed by atoms with van der Waals surface area (Å²) in [7, 11) is 0. The second-order valence-corrected chi connectivity index (χ2v) is 11.1. The van der Waals surface area contributed by atoms with E-state index in [9.17, 15) is 9.59 Å². The summed E-state index contributed by atoms with van der Waals surface area (Å²) in [5.41, 5.74) is 3.20. The lowest BCUT2D eigenvalue weighted by atomic mass is 9.90. The quantitative estimate of drug-likeness (QED) is 0.291. The molecule has 5 rings (SSSR count). The van der Waals surface area contributed by atoms with Gasteiger partial charge in [-0.3, -0.25) is 14.5 Å². The Bertz CT molecular complexity index is 1250. The number of thioether (sulfide) groups is 1. The number of para-hydroxylation sites is 1. The molecule has 0 unspecified atom stereocenters. The average Bonchev–Trinajstić information content (AvgIpc) is 2.95. The Labute approximate surface area is 229 Å². The molecule has 5 nitrogen and oxygen atoms in total. The van der Waals surface area contributed by atoms with Crippen molar-refractivity contribution in [3.8, 4) is 0 Å². The van der Waals surface area contributed by atoms with E-state index in [1.54, 1.807) is 4.90 Å². The number of hydrogen-bond acceptors (Lipinski definition) is 4. The summed E-state index contributed by atoms with van der Waals surface area (Å²) in [5, 5.41) is 3.04. The molecule has 3 aromatic rings. The van der Waals surface area contributed by atoms with Gasteiger partial charge in [0, 0.05) is 11.4 Å². The number of amides is 2. The largest absolute Gasteiger partial charge is 0.355 e. The molecule has 0 saturated carbocycles. The monoisotopic (exact) mass is 525 g/mol. The summed E-state index contributed by atoms with van der Waals surface area (Å²) >= 11 is 1.46. The van der Waals surface area contributed by atoms with Gasteiger partial charge in [-0.25, -0.2) is 0 Å². The topological polar surface area (TPSA) is 52.7 Å². The number of nitrogens with one attached hydrogen (secondary N) is 1. The normalized spacial score (nSPS) is 17.4. The highest BCUT2D eigenvalue weighted by atomic mass is 32.2. The molecule has 196 valence electrons. The molecule has 6 heteroatoms. The number of likely N-dealkylation sites (tertiary alicyclic amines) is 1. The molecule has 2 heterocycles. The van der Waals surface area contributed by atoms with Crippen LogP contribution in [0.2, 0.25) is 0 Å². The van der Waals surface area contributed by atoms with E-state index < -0.39 is 0 Å². The fourth-order valence-electron chi connectivity index (χ4n) is 5.21. The van der Waals surface area contributed by atoms with E-state index in [0.29, 0.717) is 11.4 Å². The highest BCUT2D eigenvalue weighted by Crippen LogP contribution is 2.41. The minimum atomic E-state index is -0.133. The molecule has 2 aliphatic heterocycles. The van der Waals surface area contributed by atoms with Crippen LogP contribution < -0.4 is 10.2 Å². The Morgan fingerprint density at radius 2 is 1.61 bits per heavy atom. The van der Waals surface area contributed by atoms with E-state index in [4.69, 9.17) is 0 Å². The Morgan fingerprint density at radius 1 is 0.921 bits per heavy atom. The molecule has 0 spiro atoms. The molecule has 38 heavy (non-hydrogen) atoms. The third-order valence-electron chi connectivity index (χ3n) is 7.28. The second kappa shape index (κ2) is 12.9. The summed E-state index contributed by atoms with van der Waals surface area (Å²) in [6, 6.07) is 28.4. The van der Waals surface area contributed by atoms with Crippen molar-refractivity contribution in [3.05, 3.63) is 101 Å². The maximum absolute atomic E-state index is 13.4. The number of benzene rings is 3. The van der Waals surface area contributed by atoms with Crippen LogP contribution in [0.3, 0.4) is 0 Å². The first-order valence-corrected chi connectivity index (χ1v) is 14.4. The van der Waals surface area contributed by atoms with Crippen LogP contribution in [0.1, 0.15) is 30.4 Å². The van der Waals surface area contributed by atoms with Gasteiger partial charge in [-0.1, -0.05) is 84.6 Å². The van der Waals surface area contributed by atoms with Crippen LogP contribution in [0.5, 0.6) is 0 Å². The number of hydrogen-bond donors (Lipinski definition) is 1. The Balaban J connectivity index is 1.09. The van der Waals surface area contributed by atoms with Gasteiger partial charge in [0.15, 0.2) is 0 Å². The molecule has 0 aliphatic carbocycles. The summed E-state index contributed by atoms with van der Waals surface area (Å²) in [6.45, 7) is 3.88. The van der Waals surface area contributed by atoms with Gasteiger partial charge in [0.25, 0.3) is 5.91 Å². The Hall–Kier alpha value is -3.35. The molecule has 2 amide bonds. The zero-order chi connectivity index (χ0) is 26.2. The minimum Gasteiger partial charge on any atom is -0.355 e. The summed E-state index contributed by atoms with van der Waals surface area (Å²) < 4.78 is 0. The van der Waals surface area contributed by atoms with Crippen molar-refractivity contribution in [2.45, 2.75) is 30.6 Å². The molecular formula is C32H35N3O2S. The maximum Gasteiger partial charge on any atom is 0.265 e. The number of carbonyl (C=O) groups excluding carboxylic acids is 2. The molecule has 1 N–H and O–H groups in total. The number of rotatable bonds is 9. The summed E-state index contributed by atoms with van der Waals surface area (Å²) in [6.07, 6.45) is 6.44. The first-order chi connectivity index (χ1) is 18.7. The molecular weight excluding hydrogens is 490 g/mol. The fourth-order valence-corrected chi connectivity index (χ4v) is 6.27. The SMILES string of the molecule is O=C(CN1C(=O)C(=Cc2ccccc2)Sc2ccccc21)NCCCN1CCC(Cc2ccccc2)CC1. The molecule has 1 saturated heterocycles. The van der Waals surface area contributed by atoms with Crippen LogP contribution in [0.4, 0.5) is 5.69 Å².